The van der Waals surface area contributed by atoms with Crippen molar-refractivity contribution in [2.75, 3.05) is 0 Å². The highest BCUT2D eigenvalue weighted by molar-refractivity contribution is 5.81. The fourth-order valence-electron chi connectivity index (χ4n) is 2.03. The molecule has 2 atom stereocenters. The maximum Gasteiger partial charge on any atom is 0.261 e. The Morgan fingerprint density at radius 3 is 2.24 bits per heavy atom. The van der Waals surface area contributed by atoms with Gasteiger partial charge in [-0.1, -0.05) is 48.0 Å². The van der Waals surface area contributed by atoms with E-state index >= 15 is 0 Å². The van der Waals surface area contributed by atoms with Gasteiger partial charge in [0.05, 0.1) is 6.04 Å². The van der Waals surface area contributed by atoms with Crippen molar-refractivity contribution < 1.29 is 9.53 Å². The Bertz CT molecular complexity index is 578. The Hall–Kier alpha value is -2.29. The zero-order valence-electron chi connectivity index (χ0n) is 12.7. The van der Waals surface area contributed by atoms with Crippen molar-refractivity contribution in [2.45, 2.75) is 32.9 Å². The second-order valence-electron chi connectivity index (χ2n) is 5.21. The molecule has 2 rings (SSSR count). The lowest BCUT2D eigenvalue weighted by Crippen LogP contribution is -2.37. The summed E-state index contributed by atoms with van der Waals surface area (Å²) in [7, 11) is 0. The molecule has 1 amide bonds. The quantitative estimate of drug-likeness (QED) is 0.909. The Labute approximate surface area is 126 Å². The molecular formula is C18H21NO2. The van der Waals surface area contributed by atoms with Crippen molar-refractivity contribution in [2.24, 2.45) is 0 Å². The number of hydrogen-bond donors (Lipinski definition) is 1. The number of nitrogens with one attached hydrogen (secondary N) is 1. The lowest BCUT2D eigenvalue weighted by atomic mass is 10.1. The van der Waals surface area contributed by atoms with E-state index in [4.69, 9.17) is 4.74 Å². The van der Waals surface area contributed by atoms with Crippen LogP contribution in [0.4, 0.5) is 0 Å². The minimum Gasteiger partial charge on any atom is -0.481 e. The van der Waals surface area contributed by atoms with Crippen LogP contribution in [-0.4, -0.2) is 12.0 Å². The Balaban J connectivity index is 1.92. The number of benzene rings is 2. The van der Waals surface area contributed by atoms with Gasteiger partial charge >= 0.3 is 0 Å². The maximum atomic E-state index is 12.2. The van der Waals surface area contributed by atoms with Crippen molar-refractivity contribution in [3.05, 3.63) is 65.7 Å². The molecule has 0 fully saturated rings. The molecule has 0 aromatic heterocycles. The van der Waals surface area contributed by atoms with Crippen molar-refractivity contribution in [1.29, 1.82) is 0 Å². The van der Waals surface area contributed by atoms with Crippen LogP contribution in [0.3, 0.4) is 0 Å². The summed E-state index contributed by atoms with van der Waals surface area (Å²) < 4.78 is 5.66. The molecule has 110 valence electrons. The first kappa shape index (κ1) is 15.1. The largest absolute Gasteiger partial charge is 0.481 e. The fraction of sp³-hybridized carbons (Fsp3) is 0.278. The average Bonchev–Trinajstić information content (AvgIpc) is 2.50. The third kappa shape index (κ3) is 4.35. The maximum absolute atomic E-state index is 12.2. The fourth-order valence-corrected chi connectivity index (χ4v) is 2.03. The lowest BCUT2D eigenvalue weighted by Gasteiger charge is -2.19. The van der Waals surface area contributed by atoms with E-state index in [9.17, 15) is 4.79 Å². The van der Waals surface area contributed by atoms with Gasteiger partial charge in [-0.05, 0) is 38.5 Å². The van der Waals surface area contributed by atoms with Crippen LogP contribution >= 0.6 is 0 Å². The molecule has 0 aliphatic rings. The predicted molar refractivity (Wildman–Crippen MR) is 84.3 cm³/mol. The number of aryl methyl sites for hydroxylation is 1. The Morgan fingerprint density at radius 2 is 1.62 bits per heavy atom. The van der Waals surface area contributed by atoms with Gasteiger partial charge in [-0.2, -0.15) is 0 Å². The van der Waals surface area contributed by atoms with Gasteiger partial charge in [0.15, 0.2) is 6.10 Å². The molecule has 0 radical (unpaired) electrons. The van der Waals surface area contributed by atoms with Crippen molar-refractivity contribution in [3.63, 3.8) is 0 Å². The second kappa shape index (κ2) is 6.93. The van der Waals surface area contributed by atoms with Gasteiger partial charge in [-0.25, -0.2) is 0 Å². The van der Waals surface area contributed by atoms with Gasteiger partial charge in [0, 0.05) is 0 Å². The number of carbonyl (C=O) groups is 1. The first-order valence-corrected chi connectivity index (χ1v) is 7.15. The first-order chi connectivity index (χ1) is 10.1. The molecule has 0 aliphatic heterocycles. The summed E-state index contributed by atoms with van der Waals surface area (Å²) in [5.41, 5.74) is 2.24. The molecule has 1 N–H and O–H groups in total. The zero-order valence-corrected chi connectivity index (χ0v) is 12.7. The number of hydrogen-bond acceptors (Lipinski definition) is 2. The van der Waals surface area contributed by atoms with Crippen LogP contribution in [0.5, 0.6) is 5.75 Å². The van der Waals surface area contributed by atoms with Gasteiger partial charge in [0.1, 0.15) is 5.75 Å². The smallest absolute Gasteiger partial charge is 0.261 e. The Kier molecular flexibility index (Phi) is 4.99. The molecule has 0 heterocycles. The van der Waals surface area contributed by atoms with Crippen LogP contribution in [0.1, 0.15) is 31.0 Å². The molecule has 2 aromatic carbocycles. The van der Waals surface area contributed by atoms with E-state index in [2.05, 4.69) is 5.32 Å². The second-order valence-corrected chi connectivity index (χ2v) is 5.21. The topological polar surface area (TPSA) is 38.3 Å². The van der Waals surface area contributed by atoms with Crippen LogP contribution in [-0.2, 0) is 4.79 Å². The van der Waals surface area contributed by atoms with Crippen LogP contribution in [0.15, 0.2) is 54.6 Å². The summed E-state index contributed by atoms with van der Waals surface area (Å²) in [5.74, 6) is 0.586. The van der Waals surface area contributed by atoms with E-state index in [-0.39, 0.29) is 11.9 Å². The molecule has 21 heavy (non-hydrogen) atoms. The van der Waals surface area contributed by atoms with Crippen LogP contribution in [0, 0.1) is 6.92 Å². The molecule has 3 nitrogen and oxygen atoms in total. The highest BCUT2D eigenvalue weighted by Gasteiger charge is 2.17. The molecule has 0 spiro atoms. The summed E-state index contributed by atoms with van der Waals surface area (Å²) in [6.07, 6.45) is -0.529. The molecule has 0 unspecified atom stereocenters. The van der Waals surface area contributed by atoms with E-state index in [1.807, 2.05) is 68.4 Å². The van der Waals surface area contributed by atoms with E-state index in [0.717, 1.165) is 11.1 Å². The summed E-state index contributed by atoms with van der Waals surface area (Å²) in [6.45, 7) is 5.74. The number of ether oxygens (including phenoxy) is 1. The third-order valence-electron chi connectivity index (χ3n) is 3.36. The van der Waals surface area contributed by atoms with Gasteiger partial charge in [0.25, 0.3) is 5.91 Å². The van der Waals surface area contributed by atoms with Crippen LogP contribution in [0.25, 0.3) is 0 Å². The first-order valence-electron chi connectivity index (χ1n) is 7.15. The molecule has 0 bridgehead atoms. The van der Waals surface area contributed by atoms with Gasteiger partial charge in [-0.15, -0.1) is 0 Å². The summed E-state index contributed by atoms with van der Waals surface area (Å²) >= 11 is 0. The van der Waals surface area contributed by atoms with Crippen LogP contribution < -0.4 is 10.1 Å². The van der Waals surface area contributed by atoms with Crippen LogP contribution in [0.2, 0.25) is 0 Å². The highest BCUT2D eigenvalue weighted by Crippen LogP contribution is 2.15. The minimum atomic E-state index is -0.529. The molecule has 2 aromatic rings. The van der Waals surface area contributed by atoms with Crippen molar-refractivity contribution in [1.82, 2.24) is 5.32 Å². The van der Waals surface area contributed by atoms with Gasteiger partial charge < -0.3 is 10.1 Å². The van der Waals surface area contributed by atoms with Gasteiger partial charge in [0.2, 0.25) is 0 Å². The average molecular weight is 283 g/mol. The number of amides is 1. The number of carbonyl (C=O) groups excluding carboxylic acids is 1. The summed E-state index contributed by atoms with van der Waals surface area (Å²) in [4.78, 5) is 12.2. The highest BCUT2D eigenvalue weighted by atomic mass is 16.5. The SMILES string of the molecule is Cc1ccc(O[C@H](C)C(=O)N[C@@H](C)c2ccccc2)cc1. The van der Waals surface area contributed by atoms with Gasteiger partial charge in [-0.3, -0.25) is 4.79 Å². The number of rotatable bonds is 5. The van der Waals surface area contributed by atoms with E-state index < -0.39 is 6.10 Å². The Morgan fingerprint density at radius 1 is 1.00 bits per heavy atom. The van der Waals surface area contributed by atoms with E-state index in [1.165, 1.54) is 0 Å². The zero-order chi connectivity index (χ0) is 15.2. The predicted octanol–water partition coefficient (Wildman–Crippen LogP) is 3.64. The van der Waals surface area contributed by atoms with Crippen molar-refractivity contribution >= 4 is 5.91 Å². The van der Waals surface area contributed by atoms with E-state index in [1.54, 1.807) is 6.92 Å². The molecule has 0 saturated heterocycles. The monoisotopic (exact) mass is 283 g/mol. The summed E-state index contributed by atoms with van der Waals surface area (Å²) in [5, 5.41) is 2.96. The minimum absolute atomic E-state index is 0.0391. The van der Waals surface area contributed by atoms with Crippen molar-refractivity contribution in [3.8, 4) is 5.75 Å². The normalized spacial score (nSPS) is 13.3. The van der Waals surface area contributed by atoms with E-state index in [0.29, 0.717) is 5.75 Å². The lowest BCUT2D eigenvalue weighted by molar-refractivity contribution is -0.127. The molecule has 0 aliphatic carbocycles. The third-order valence-corrected chi connectivity index (χ3v) is 3.36. The molecular weight excluding hydrogens is 262 g/mol. The standard InChI is InChI=1S/C18H21NO2/c1-13-9-11-17(12-10-13)21-15(3)18(20)19-14(2)16-7-5-4-6-8-16/h4-12,14-15H,1-3H3,(H,19,20)/t14-,15+/m0/s1. The molecule has 3 heteroatoms. The summed E-state index contributed by atoms with van der Waals surface area (Å²) in [6, 6.07) is 17.5. The molecule has 0 saturated carbocycles.